The Labute approximate surface area is 207 Å². The molecule has 184 valence electrons. The van der Waals surface area contributed by atoms with Gasteiger partial charge in [0.25, 0.3) is 5.91 Å². The third kappa shape index (κ3) is 9.85. The molecule has 1 aliphatic rings. The Morgan fingerprint density at radius 1 is 1.32 bits per heavy atom. The van der Waals surface area contributed by atoms with Crippen LogP contribution in [0.25, 0.3) is 6.08 Å². The van der Waals surface area contributed by atoms with Crippen molar-refractivity contribution in [2.75, 3.05) is 13.7 Å². The summed E-state index contributed by atoms with van der Waals surface area (Å²) in [5, 5.41) is 15.9. The second-order valence-corrected chi connectivity index (χ2v) is 7.77. The molecule has 0 fully saturated rings. The maximum atomic E-state index is 12.8. The Balaban J connectivity index is 0.00000281. The molecule has 0 aliphatic carbocycles. The summed E-state index contributed by atoms with van der Waals surface area (Å²) in [6, 6.07) is 7.11. The molecule has 0 bridgehead atoms. The number of nitrogens with zero attached hydrogens (tertiary/aromatic N) is 1. The Bertz CT molecular complexity index is 945. The van der Waals surface area contributed by atoms with Gasteiger partial charge in [0.1, 0.15) is 24.1 Å². The molecule has 3 unspecified atom stereocenters. The van der Waals surface area contributed by atoms with Crippen LogP contribution in [0.15, 0.2) is 59.6 Å². The van der Waals surface area contributed by atoms with Crippen LogP contribution in [0.2, 0.25) is 0 Å². The highest BCUT2D eigenvalue weighted by Gasteiger charge is 2.21. The normalized spacial score (nSPS) is 14.6. The fourth-order valence-electron chi connectivity index (χ4n) is 3.18. The molecule has 7 heteroatoms. The molecule has 6 nitrogen and oxygen atoms in total. The molecule has 0 aromatic heterocycles. The number of amides is 1. The zero-order valence-corrected chi connectivity index (χ0v) is 22.1. The summed E-state index contributed by atoms with van der Waals surface area (Å²) >= 11 is 0. The number of ether oxygens (including phenoxy) is 2. The Morgan fingerprint density at radius 3 is 2.74 bits per heavy atom. The second kappa shape index (κ2) is 16.6. The third-order valence-electron chi connectivity index (χ3n) is 4.82. The van der Waals surface area contributed by atoms with Crippen molar-refractivity contribution >= 4 is 21.2 Å². The summed E-state index contributed by atoms with van der Waals surface area (Å²) in [5.74, 6) is 2.98. The number of carbonyl (C=O) groups is 1. The smallest absolute Gasteiger partial charge is 0.251 e. The lowest BCUT2D eigenvalue weighted by Crippen LogP contribution is -2.38. The van der Waals surface area contributed by atoms with Crippen molar-refractivity contribution in [2.45, 2.75) is 59.0 Å². The van der Waals surface area contributed by atoms with E-state index in [2.05, 4.69) is 51.9 Å². The van der Waals surface area contributed by atoms with E-state index >= 15 is 0 Å². The van der Waals surface area contributed by atoms with Crippen molar-refractivity contribution in [3.05, 3.63) is 65.2 Å². The van der Waals surface area contributed by atoms with E-state index in [4.69, 9.17) is 9.47 Å². The van der Waals surface area contributed by atoms with Crippen molar-refractivity contribution in [1.29, 1.82) is 5.26 Å². The summed E-state index contributed by atoms with van der Waals surface area (Å²) in [6.45, 7) is 8.30. The van der Waals surface area contributed by atoms with Gasteiger partial charge in [-0.25, -0.2) is 0 Å². The van der Waals surface area contributed by atoms with Crippen molar-refractivity contribution in [2.24, 2.45) is 0 Å². The largest absolute Gasteiger partial charge is 0.497 e. The zero-order chi connectivity index (χ0) is 25.3. The minimum atomic E-state index is -0.670. The van der Waals surface area contributed by atoms with E-state index < -0.39 is 6.04 Å². The molecule has 0 saturated heterocycles. The highest BCUT2D eigenvalue weighted by Crippen LogP contribution is 2.30. The van der Waals surface area contributed by atoms with E-state index in [0.29, 0.717) is 23.5 Å². The molecule has 1 amide bonds. The number of carbonyl (C=O) groups excluding carboxylic acids is 1. The van der Waals surface area contributed by atoms with Crippen LogP contribution in [0.5, 0.6) is 11.5 Å². The minimum absolute atomic E-state index is 0.122. The first-order valence-corrected chi connectivity index (χ1v) is 12.4. The van der Waals surface area contributed by atoms with Crippen LogP contribution >= 0.6 is 9.24 Å². The van der Waals surface area contributed by atoms with Gasteiger partial charge >= 0.3 is 0 Å². The van der Waals surface area contributed by atoms with Crippen LogP contribution in [0.4, 0.5) is 0 Å². The SMILES string of the molecule is CC.CC/C=C\C(C)N/C(=C\C/C=C/P)CC(C#N)NC(=O)C1=Cc2cc(OC)ccc2OC1. The van der Waals surface area contributed by atoms with Gasteiger partial charge in [-0.1, -0.05) is 50.9 Å². The summed E-state index contributed by atoms with van der Waals surface area (Å²) < 4.78 is 10.9. The topological polar surface area (TPSA) is 83.4 Å². The molecule has 0 radical (unpaired) electrons. The number of allylic oxidation sites excluding steroid dienone is 3. The predicted molar refractivity (Wildman–Crippen MR) is 144 cm³/mol. The number of hydrogen-bond donors (Lipinski definition) is 2. The molecule has 1 heterocycles. The first-order valence-electron chi connectivity index (χ1n) is 11.7. The maximum Gasteiger partial charge on any atom is 0.251 e. The first-order chi connectivity index (χ1) is 16.5. The van der Waals surface area contributed by atoms with Gasteiger partial charge in [0.15, 0.2) is 0 Å². The summed E-state index contributed by atoms with van der Waals surface area (Å²) in [7, 11) is 4.14. The van der Waals surface area contributed by atoms with Crippen molar-refractivity contribution < 1.29 is 14.3 Å². The molecule has 2 N–H and O–H groups in total. The van der Waals surface area contributed by atoms with Gasteiger partial charge in [-0.15, -0.1) is 9.24 Å². The molecule has 2 rings (SSSR count). The van der Waals surface area contributed by atoms with Gasteiger partial charge in [-0.3, -0.25) is 4.79 Å². The van der Waals surface area contributed by atoms with Gasteiger partial charge in [-0.05, 0) is 44.0 Å². The zero-order valence-electron chi connectivity index (χ0n) is 20.9. The Hall–Kier alpha value is -3.03. The average Bonchev–Trinajstić information content (AvgIpc) is 2.87. The molecule has 0 spiro atoms. The second-order valence-electron chi connectivity index (χ2n) is 7.38. The van der Waals surface area contributed by atoms with Crippen molar-refractivity contribution in [1.82, 2.24) is 10.6 Å². The highest BCUT2D eigenvalue weighted by atomic mass is 31.0. The number of nitriles is 1. The molecule has 0 saturated carbocycles. The van der Waals surface area contributed by atoms with E-state index in [-0.39, 0.29) is 18.6 Å². The van der Waals surface area contributed by atoms with Crippen LogP contribution in [0.3, 0.4) is 0 Å². The van der Waals surface area contributed by atoms with Gasteiger partial charge in [-0.2, -0.15) is 5.26 Å². The monoisotopic (exact) mass is 483 g/mol. The third-order valence-corrected chi connectivity index (χ3v) is 5.09. The van der Waals surface area contributed by atoms with Crippen LogP contribution in [0, 0.1) is 11.3 Å². The van der Waals surface area contributed by atoms with E-state index in [1.54, 1.807) is 13.2 Å². The van der Waals surface area contributed by atoms with Crippen LogP contribution in [-0.4, -0.2) is 31.7 Å². The lowest BCUT2D eigenvalue weighted by Gasteiger charge is -2.21. The van der Waals surface area contributed by atoms with Crippen molar-refractivity contribution in [3.63, 3.8) is 0 Å². The fraction of sp³-hybridized carbons (Fsp3) is 0.407. The van der Waals surface area contributed by atoms with E-state index in [1.165, 1.54) is 0 Å². The van der Waals surface area contributed by atoms with Crippen LogP contribution in [-0.2, 0) is 4.79 Å². The standard InChI is InChI=1S/C25H32N3O3P.C2H6/c1-4-5-8-18(2)27-21(9-6-7-12-32)15-22(16-26)28-25(29)20-13-19-14-23(30-3)10-11-24(19)31-17-20;1-2/h5,7-14,18,22,27H,4,6,15,17,32H2,1-3H3,(H,28,29);1-2H3/b8-5-,12-7+,21-9-;. The van der Waals surface area contributed by atoms with Gasteiger partial charge in [0.05, 0.1) is 18.8 Å². The molecule has 1 aromatic carbocycles. The Morgan fingerprint density at radius 2 is 2.09 bits per heavy atom. The van der Waals surface area contributed by atoms with Gasteiger partial charge < -0.3 is 20.1 Å². The lowest BCUT2D eigenvalue weighted by molar-refractivity contribution is -0.118. The molecule has 1 aliphatic heterocycles. The van der Waals surface area contributed by atoms with Crippen LogP contribution < -0.4 is 20.1 Å². The first kappa shape index (κ1) is 29.0. The fourth-order valence-corrected chi connectivity index (χ4v) is 3.34. The number of methoxy groups -OCH3 is 1. The molecule has 1 aromatic rings. The van der Waals surface area contributed by atoms with Crippen molar-refractivity contribution in [3.8, 4) is 17.6 Å². The summed E-state index contributed by atoms with van der Waals surface area (Å²) in [6.07, 6.45) is 12.1. The minimum Gasteiger partial charge on any atom is -0.497 e. The van der Waals surface area contributed by atoms with Gasteiger partial charge in [0.2, 0.25) is 0 Å². The van der Waals surface area contributed by atoms with E-state index in [9.17, 15) is 10.1 Å². The van der Waals surface area contributed by atoms with E-state index in [1.807, 2.05) is 50.0 Å². The predicted octanol–water partition coefficient (Wildman–Crippen LogP) is 5.50. The maximum absolute atomic E-state index is 12.8. The molecule has 34 heavy (non-hydrogen) atoms. The summed E-state index contributed by atoms with van der Waals surface area (Å²) in [5.41, 5.74) is 2.16. The lowest BCUT2D eigenvalue weighted by atomic mass is 10.1. The highest BCUT2D eigenvalue weighted by molar-refractivity contribution is 7.20. The Kier molecular flexibility index (Phi) is 14.1. The van der Waals surface area contributed by atoms with E-state index in [0.717, 1.165) is 24.1 Å². The molecule has 3 atom stereocenters. The number of fused-ring (bicyclic) bond motifs is 1. The molecular formula is C27H38N3O3P. The average molecular weight is 484 g/mol. The molecular weight excluding hydrogens is 445 g/mol. The number of rotatable bonds is 11. The number of nitrogens with one attached hydrogen (secondary N) is 2. The van der Waals surface area contributed by atoms with Gasteiger partial charge in [0, 0.05) is 23.7 Å². The van der Waals surface area contributed by atoms with Crippen LogP contribution in [0.1, 0.15) is 52.5 Å². The number of benzene rings is 1. The quantitative estimate of drug-likeness (QED) is 0.321. The summed E-state index contributed by atoms with van der Waals surface area (Å²) in [4.78, 5) is 12.8. The number of hydrogen-bond acceptors (Lipinski definition) is 5.